The third kappa shape index (κ3) is 3.09. The maximum atomic E-state index is 12.8. The SMILES string of the molecule is CCOC(=O)C12CC(C(=O)N3CCN(C(=O)OC(C)(C)C)CC3)(C1)C2. The first-order valence-corrected chi connectivity index (χ1v) is 9.05. The van der Waals surface area contributed by atoms with Gasteiger partial charge in [-0.15, -0.1) is 0 Å². The second kappa shape index (κ2) is 5.88. The quantitative estimate of drug-likeness (QED) is 0.724. The third-order valence-corrected chi connectivity index (χ3v) is 5.41. The second-order valence-electron chi connectivity index (χ2n) is 8.57. The van der Waals surface area contributed by atoms with E-state index >= 15 is 0 Å². The standard InChI is InChI=1S/C18H28N2O5/c1-5-24-14(22)18-10-17(11-18,12-18)13(21)19-6-8-20(9-7-19)15(23)25-16(2,3)4/h5-12H2,1-4H3. The van der Waals surface area contributed by atoms with Crippen molar-refractivity contribution in [2.24, 2.45) is 10.8 Å². The van der Waals surface area contributed by atoms with Gasteiger partial charge >= 0.3 is 12.1 Å². The van der Waals surface area contributed by atoms with Crippen molar-refractivity contribution < 1.29 is 23.9 Å². The molecule has 4 aliphatic rings. The molecule has 0 radical (unpaired) electrons. The molecule has 1 aliphatic heterocycles. The fourth-order valence-corrected chi connectivity index (χ4v) is 4.27. The summed E-state index contributed by atoms with van der Waals surface area (Å²) in [5, 5.41) is 0. The second-order valence-corrected chi connectivity index (χ2v) is 8.57. The van der Waals surface area contributed by atoms with E-state index in [0.29, 0.717) is 52.0 Å². The van der Waals surface area contributed by atoms with Crippen LogP contribution in [0.15, 0.2) is 0 Å². The average Bonchev–Trinajstić information content (AvgIpc) is 2.43. The smallest absolute Gasteiger partial charge is 0.410 e. The van der Waals surface area contributed by atoms with E-state index in [-0.39, 0.29) is 23.4 Å². The van der Waals surface area contributed by atoms with Gasteiger partial charge in [0.1, 0.15) is 5.60 Å². The van der Waals surface area contributed by atoms with Gasteiger partial charge < -0.3 is 19.3 Å². The number of carbonyl (C=O) groups is 3. The zero-order valence-corrected chi connectivity index (χ0v) is 15.6. The predicted octanol–water partition coefficient (Wildman–Crippen LogP) is 1.80. The topological polar surface area (TPSA) is 76.2 Å². The van der Waals surface area contributed by atoms with E-state index in [1.54, 1.807) is 11.8 Å². The largest absolute Gasteiger partial charge is 0.466 e. The lowest BCUT2D eigenvalue weighted by atomic mass is 9.34. The van der Waals surface area contributed by atoms with Gasteiger partial charge in [-0.3, -0.25) is 9.59 Å². The first kappa shape index (κ1) is 18.0. The highest BCUT2D eigenvalue weighted by Gasteiger charge is 2.76. The van der Waals surface area contributed by atoms with Gasteiger partial charge in [-0.25, -0.2) is 4.79 Å². The lowest BCUT2D eigenvalue weighted by Crippen LogP contribution is -2.72. The van der Waals surface area contributed by atoms with Gasteiger partial charge in [0, 0.05) is 26.2 Å². The Hall–Kier alpha value is -1.79. The molecule has 140 valence electrons. The summed E-state index contributed by atoms with van der Waals surface area (Å²) in [6.07, 6.45) is 1.52. The third-order valence-electron chi connectivity index (χ3n) is 5.41. The summed E-state index contributed by atoms with van der Waals surface area (Å²) in [5.41, 5.74) is -1.28. The summed E-state index contributed by atoms with van der Waals surface area (Å²) in [5.74, 6) is -0.0260. The van der Waals surface area contributed by atoms with Gasteiger partial charge in [0.25, 0.3) is 0 Å². The van der Waals surface area contributed by atoms with Gasteiger partial charge in [0.2, 0.25) is 5.91 Å². The monoisotopic (exact) mass is 352 g/mol. The van der Waals surface area contributed by atoms with E-state index in [2.05, 4.69) is 0 Å². The molecule has 0 aromatic rings. The Morgan fingerprint density at radius 1 is 0.920 bits per heavy atom. The highest BCUT2D eigenvalue weighted by Crippen LogP contribution is 2.74. The molecule has 4 rings (SSSR count). The lowest BCUT2D eigenvalue weighted by Gasteiger charge is -2.67. The van der Waals surface area contributed by atoms with Crippen LogP contribution in [0.4, 0.5) is 4.79 Å². The number of rotatable bonds is 3. The van der Waals surface area contributed by atoms with Crippen LogP contribution in [0, 0.1) is 10.8 Å². The lowest BCUT2D eigenvalue weighted by molar-refractivity contribution is -0.230. The Morgan fingerprint density at radius 2 is 1.44 bits per heavy atom. The number of hydrogen-bond acceptors (Lipinski definition) is 5. The molecular formula is C18H28N2O5. The van der Waals surface area contributed by atoms with E-state index in [0.717, 1.165) is 0 Å². The molecule has 1 heterocycles. The molecule has 3 aliphatic carbocycles. The van der Waals surface area contributed by atoms with Crippen molar-refractivity contribution >= 4 is 18.0 Å². The van der Waals surface area contributed by atoms with Gasteiger partial charge in [0.05, 0.1) is 17.4 Å². The molecule has 3 saturated carbocycles. The summed E-state index contributed by atoms with van der Waals surface area (Å²) in [6, 6.07) is 0. The van der Waals surface area contributed by atoms with E-state index in [1.165, 1.54) is 0 Å². The van der Waals surface area contributed by atoms with Crippen LogP contribution in [0.5, 0.6) is 0 Å². The number of nitrogens with zero attached hydrogens (tertiary/aromatic N) is 2. The summed E-state index contributed by atoms with van der Waals surface area (Å²) in [7, 11) is 0. The van der Waals surface area contributed by atoms with Gasteiger partial charge in [-0.1, -0.05) is 0 Å². The number of ether oxygens (including phenoxy) is 2. The summed E-state index contributed by atoms with van der Waals surface area (Å²) in [6.45, 7) is 9.72. The maximum absolute atomic E-state index is 12.8. The molecule has 0 atom stereocenters. The van der Waals surface area contributed by atoms with Crippen LogP contribution in [0.3, 0.4) is 0 Å². The minimum absolute atomic E-state index is 0.127. The Bertz CT molecular complexity index is 567. The summed E-state index contributed by atoms with van der Waals surface area (Å²) < 4.78 is 10.5. The number of hydrogen-bond donors (Lipinski definition) is 0. The Labute approximate surface area is 148 Å². The van der Waals surface area contributed by atoms with E-state index < -0.39 is 11.0 Å². The zero-order valence-electron chi connectivity index (χ0n) is 15.6. The molecule has 7 heteroatoms. The van der Waals surface area contributed by atoms with Crippen LogP contribution in [0.2, 0.25) is 0 Å². The number of carbonyl (C=O) groups excluding carboxylic acids is 3. The van der Waals surface area contributed by atoms with Crippen molar-refractivity contribution in [1.29, 1.82) is 0 Å². The molecule has 2 bridgehead atoms. The molecule has 25 heavy (non-hydrogen) atoms. The first-order valence-electron chi connectivity index (χ1n) is 9.05. The van der Waals surface area contributed by atoms with Crippen LogP contribution in [0.1, 0.15) is 47.0 Å². The molecule has 0 unspecified atom stereocenters. The fourth-order valence-electron chi connectivity index (χ4n) is 4.27. The van der Waals surface area contributed by atoms with E-state index in [9.17, 15) is 14.4 Å². The minimum atomic E-state index is -0.517. The van der Waals surface area contributed by atoms with Gasteiger partial charge in [-0.05, 0) is 47.0 Å². The normalized spacial score (nSPS) is 30.9. The van der Waals surface area contributed by atoms with E-state index in [4.69, 9.17) is 9.47 Å². The van der Waals surface area contributed by atoms with Crippen LogP contribution in [-0.4, -0.2) is 66.2 Å². The van der Waals surface area contributed by atoms with Crippen LogP contribution in [0.25, 0.3) is 0 Å². The van der Waals surface area contributed by atoms with Crippen LogP contribution < -0.4 is 0 Å². The van der Waals surface area contributed by atoms with Crippen LogP contribution >= 0.6 is 0 Å². The average molecular weight is 352 g/mol. The van der Waals surface area contributed by atoms with Gasteiger partial charge in [-0.2, -0.15) is 0 Å². The summed E-state index contributed by atoms with van der Waals surface area (Å²) >= 11 is 0. The molecule has 0 aromatic carbocycles. The van der Waals surface area contributed by atoms with Crippen LogP contribution in [-0.2, 0) is 19.1 Å². The Morgan fingerprint density at radius 3 is 1.92 bits per heavy atom. The molecule has 0 N–H and O–H groups in total. The molecule has 4 fully saturated rings. The molecule has 0 aromatic heterocycles. The highest BCUT2D eigenvalue weighted by molar-refractivity contribution is 5.94. The highest BCUT2D eigenvalue weighted by atomic mass is 16.6. The maximum Gasteiger partial charge on any atom is 0.410 e. The first-order chi connectivity index (χ1) is 11.6. The van der Waals surface area contributed by atoms with Gasteiger partial charge in [0.15, 0.2) is 0 Å². The number of esters is 1. The predicted molar refractivity (Wildman–Crippen MR) is 89.7 cm³/mol. The number of piperazine rings is 1. The van der Waals surface area contributed by atoms with Crippen molar-refractivity contribution in [3.05, 3.63) is 0 Å². The van der Waals surface area contributed by atoms with Crippen molar-refractivity contribution in [3.8, 4) is 0 Å². The zero-order chi connectivity index (χ0) is 18.5. The van der Waals surface area contributed by atoms with Crippen molar-refractivity contribution in [3.63, 3.8) is 0 Å². The van der Waals surface area contributed by atoms with E-state index in [1.807, 2.05) is 25.7 Å². The Kier molecular flexibility index (Phi) is 4.24. The molecule has 2 amide bonds. The Balaban J connectivity index is 1.48. The molecule has 1 saturated heterocycles. The van der Waals surface area contributed by atoms with Crippen molar-refractivity contribution in [2.75, 3.05) is 32.8 Å². The summed E-state index contributed by atoms with van der Waals surface area (Å²) in [4.78, 5) is 40.3. The minimum Gasteiger partial charge on any atom is -0.466 e. The molecule has 7 nitrogen and oxygen atoms in total. The molecular weight excluding hydrogens is 324 g/mol. The molecule has 0 spiro atoms. The fraction of sp³-hybridized carbons (Fsp3) is 0.833. The van der Waals surface area contributed by atoms with Crippen molar-refractivity contribution in [2.45, 2.75) is 52.6 Å². The number of amides is 2. The van der Waals surface area contributed by atoms with Crippen molar-refractivity contribution in [1.82, 2.24) is 9.80 Å².